The lowest BCUT2D eigenvalue weighted by molar-refractivity contribution is 0.0861. The lowest BCUT2D eigenvalue weighted by atomic mass is 10.0. The predicted molar refractivity (Wildman–Crippen MR) is 112 cm³/mol. The molecule has 144 valence electrons. The average molecular weight is 449 g/mol. The number of aromatic nitrogens is 1. The van der Waals surface area contributed by atoms with Crippen molar-refractivity contribution in [2.24, 2.45) is 0 Å². The Morgan fingerprint density at radius 1 is 1.10 bits per heavy atom. The van der Waals surface area contributed by atoms with Gasteiger partial charge in [0.1, 0.15) is 18.2 Å². The van der Waals surface area contributed by atoms with Crippen LogP contribution in [0, 0.1) is 0 Å². The molecule has 0 fully saturated rings. The number of rotatable bonds is 3. The lowest BCUT2D eigenvalue weighted by Crippen LogP contribution is -2.32. The highest BCUT2D eigenvalue weighted by molar-refractivity contribution is 9.10. The normalized spacial score (nSPS) is 16.9. The Morgan fingerprint density at radius 3 is 2.79 bits per heavy atom. The smallest absolute Gasteiger partial charge is 0.231 e. The highest BCUT2D eigenvalue weighted by Gasteiger charge is 2.33. The van der Waals surface area contributed by atoms with Crippen LogP contribution >= 0.6 is 15.9 Å². The van der Waals surface area contributed by atoms with Crippen molar-refractivity contribution in [3.63, 3.8) is 0 Å². The van der Waals surface area contributed by atoms with E-state index in [0.717, 1.165) is 27.0 Å². The fourth-order valence-corrected chi connectivity index (χ4v) is 3.96. The molecule has 0 radical (unpaired) electrons. The molecule has 0 saturated heterocycles. The van der Waals surface area contributed by atoms with E-state index >= 15 is 0 Å². The van der Waals surface area contributed by atoms with Gasteiger partial charge in [0, 0.05) is 23.8 Å². The van der Waals surface area contributed by atoms with E-state index in [0.29, 0.717) is 36.9 Å². The predicted octanol–water partition coefficient (Wildman–Crippen LogP) is 4.81. The molecule has 5 nitrogen and oxygen atoms in total. The monoisotopic (exact) mass is 448 g/mol. The first-order chi connectivity index (χ1) is 14.2. The van der Waals surface area contributed by atoms with Crippen molar-refractivity contribution >= 4 is 27.8 Å². The maximum atomic E-state index is 12.9. The largest absolute Gasteiger partial charge is 0.478 e. The van der Waals surface area contributed by atoms with Gasteiger partial charge >= 0.3 is 0 Å². The number of benzene rings is 2. The summed E-state index contributed by atoms with van der Waals surface area (Å²) in [5.41, 5.74) is 3.34. The van der Waals surface area contributed by atoms with Gasteiger partial charge in [0.25, 0.3) is 0 Å². The number of ketones is 1. The molecule has 0 amide bonds. The summed E-state index contributed by atoms with van der Waals surface area (Å²) >= 11 is 3.51. The van der Waals surface area contributed by atoms with E-state index < -0.39 is 0 Å². The van der Waals surface area contributed by atoms with Crippen LogP contribution in [0.15, 0.2) is 71.0 Å². The van der Waals surface area contributed by atoms with Crippen LogP contribution in [0.4, 0.5) is 0 Å². The van der Waals surface area contributed by atoms with Gasteiger partial charge in [0.15, 0.2) is 5.76 Å². The summed E-state index contributed by atoms with van der Waals surface area (Å²) in [6.45, 7) is 1.76. The van der Waals surface area contributed by atoms with Gasteiger partial charge in [-0.1, -0.05) is 40.2 Å². The molecule has 0 bridgehead atoms. The highest BCUT2D eigenvalue weighted by Crippen LogP contribution is 2.42. The maximum Gasteiger partial charge on any atom is 0.231 e. The topological polar surface area (TPSA) is 51.7 Å². The fourth-order valence-electron chi connectivity index (χ4n) is 3.56. The van der Waals surface area contributed by atoms with E-state index in [4.69, 9.17) is 9.47 Å². The van der Waals surface area contributed by atoms with Gasteiger partial charge in [-0.3, -0.25) is 14.7 Å². The minimum Gasteiger partial charge on any atom is -0.478 e. The molecule has 6 heteroatoms. The molecule has 3 aromatic rings. The minimum absolute atomic E-state index is 0.111. The molecule has 0 unspecified atom stereocenters. The number of nitrogens with zero attached hydrogens (tertiary/aromatic N) is 2. The Labute approximate surface area is 176 Å². The number of pyridine rings is 1. The zero-order valence-corrected chi connectivity index (χ0v) is 17.1. The van der Waals surface area contributed by atoms with Crippen LogP contribution in [0.1, 0.15) is 27.2 Å². The Morgan fingerprint density at radius 2 is 1.97 bits per heavy atom. The van der Waals surface area contributed by atoms with E-state index in [1.807, 2.05) is 48.5 Å². The van der Waals surface area contributed by atoms with Crippen molar-refractivity contribution in [2.75, 3.05) is 6.73 Å². The number of fused-ring (bicyclic) bond motifs is 3. The first kappa shape index (κ1) is 18.1. The van der Waals surface area contributed by atoms with Crippen LogP contribution < -0.4 is 9.47 Å². The first-order valence-corrected chi connectivity index (χ1v) is 10.1. The van der Waals surface area contributed by atoms with E-state index in [1.165, 1.54) is 0 Å². The number of hydrogen-bond donors (Lipinski definition) is 0. The summed E-state index contributed by atoms with van der Waals surface area (Å²) in [6.07, 6.45) is 3.56. The number of ether oxygens (including phenoxy) is 2. The van der Waals surface area contributed by atoms with Crippen LogP contribution in [0.5, 0.6) is 11.5 Å². The lowest BCUT2D eigenvalue weighted by Gasteiger charge is -2.29. The second-order valence-electron chi connectivity index (χ2n) is 6.96. The first-order valence-electron chi connectivity index (χ1n) is 9.29. The Balaban J connectivity index is 1.45. The number of Topliss-reactive ketones (excluding diaryl/α,β-unsaturated/α-hetero) is 1. The molecular formula is C23H17BrN2O3. The molecular weight excluding hydrogens is 432 g/mol. The van der Waals surface area contributed by atoms with Crippen LogP contribution in [0.2, 0.25) is 0 Å². The van der Waals surface area contributed by atoms with Crippen molar-refractivity contribution in [3.8, 4) is 11.5 Å². The molecule has 2 aliphatic heterocycles. The average Bonchev–Trinajstić information content (AvgIpc) is 3.06. The summed E-state index contributed by atoms with van der Waals surface area (Å²) in [7, 11) is 0. The molecule has 5 rings (SSSR count). The highest BCUT2D eigenvalue weighted by atomic mass is 79.9. The molecule has 29 heavy (non-hydrogen) atoms. The maximum absolute atomic E-state index is 12.9. The zero-order chi connectivity index (χ0) is 19.8. The molecule has 0 aliphatic carbocycles. The SMILES string of the molecule is O=C1/C(=C/c2ccccc2Br)Oc2c1ccc1c2CN(Cc2ccccn2)CO1. The van der Waals surface area contributed by atoms with Crippen LogP contribution in [-0.4, -0.2) is 22.4 Å². The van der Waals surface area contributed by atoms with Crippen LogP contribution in [0.25, 0.3) is 6.08 Å². The standard InChI is InChI=1S/C23H17BrN2O3/c24-19-7-2-1-5-15(19)11-21-22(27)17-8-9-20-18(23(17)29-21)13-26(14-28-20)12-16-6-3-4-10-25-16/h1-11H,12-14H2/b21-11-. The Bertz CT molecular complexity index is 1130. The van der Waals surface area contributed by atoms with E-state index in [9.17, 15) is 4.79 Å². The Hall–Kier alpha value is -2.96. The van der Waals surface area contributed by atoms with Gasteiger partial charge in [-0.25, -0.2) is 0 Å². The number of carbonyl (C=O) groups is 1. The van der Waals surface area contributed by atoms with Crippen LogP contribution in [-0.2, 0) is 13.1 Å². The van der Waals surface area contributed by atoms with Crippen molar-refractivity contribution < 1.29 is 14.3 Å². The van der Waals surface area contributed by atoms with Gasteiger partial charge in [0.2, 0.25) is 5.78 Å². The van der Waals surface area contributed by atoms with Gasteiger partial charge in [-0.15, -0.1) is 0 Å². The van der Waals surface area contributed by atoms with Gasteiger partial charge in [-0.05, 0) is 42.0 Å². The van der Waals surface area contributed by atoms with Gasteiger partial charge in [0.05, 0.1) is 16.8 Å². The molecule has 3 heterocycles. The third-order valence-corrected chi connectivity index (χ3v) is 5.71. The summed E-state index contributed by atoms with van der Waals surface area (Å²) in [5, 5.41) is 0. The molecule has 1 aromatic heterocycles. The van der Waals surface area contributed by atoms with Gasteiger partial charge in [-0.2, -0.15) is 0 Å². The molecule has 0 N–H and O–H groups in total. The number of carbonyl (C=O) groups excluding carboxylic acids is 1. The molecule has 0 atom stereocenters. The summed E-state index contributed by atoms with van der Waals surface area (Å²) < 4.78 is 12.9. The molecule has 2 aliphatic rings. The van der Waals surface area contributed by atoms with Crippen molar-refractivity contribution in [1.29, 1.82) is 0 Å². The van der Waals surface area contributed by atoms with E-state index in [-0.39, 0.29) is 5.78 Å². The number of allylic oxidation sites excluding steroid dienone is 1. The molecule has 2 aromatic carbocycles. The quantitative estimate of drug-likeness (QED) is 0.538. The van der Waals surface area contributed by atoms with Gasteiger partial charge < -0.3 is 9.47 Å². The summed E-state index contributed by atoms with van der Waals surface area (Å²) in [4.78, 5) is 19.4. The number of halogens is 1. The minimum atomic E-state index is -0.111. The van der Waals surface area contributed by atoms with E-state index in [1.54, 1.807) is 18.3 Å². The second-order valence-corrected chi connectivity index (χ2v) is 7.82. The fraction of sp³-hybridized carbons (Fsp3) is 0.130. The second kappa shape index (κ2) is 7.46. The third kappa shape index (κ3) is 3.45. The third-order valence-electron chi connectivity index (χ3n) is 4.99. The summed E-state index contributed by atoms with van der Waals surface area (Å²) in [6, 6.07) is 17.2. The van der Waals surface area contributed by atoms with E-state index in [2.05, 4.69) is 25.8 Å². The van der Waals surface area contributed by atoms with Crippen molar-refractivity contribution in [1.82, 2.24) is 9.88 Å². The zero-order valence-electron chi connectivity index (χ0n) is 15.5. The molecule has 0 spiro atoms. The van der Waals surface area contributed by atoms with Crippen LogP contribution in [0.3, 0.4) is 0 Å². The summed E-state index contributed by atoms with van der Waals surface area (Å²) in [5.74, 6) is 1.56. The van der Waals surface area contributed by atoms with Crippen molar-refractivity contribution in [2.45, 2.75) is 13.1 Å². The number of hydrogen-bond acceptors (Lipinski definition) is 5. The molecule has 0 saturated carbocycles. The Kier molecular flexibility index (Phi) is 4.66. The van der Waals surface area contributed by atoms with Crippen molar-refractivity contribution in [3.05, 3.63) is 93.4 Å².